The van der Waals surface area contributed by atoms with Gasteiger partial charge in [0, 0.05) is 45.2 Å². The number of anilines is 1. The second-order valence-corrected chi connectivity index (χ2v) is 8.00. The monoisotopic (exact) mass is 406 g/mol. The van der Waals surface area contributed by atoms with Crippen molar-refractivity contribution < 1.29 is 4.79 Å². The molecule has 2 aromatic heterocycles. The molecule has 1 aromatic carbocycles. The van der Waals surface area contributed by atoms with Crippen LogP contribution in [0, 0.1) is 0 Å². The van der Waals surface area contributed by atoms with Crippen LogP contribution in [0.5, 0.6) is 0 Å². The number of amides is 1. The Labute approximate surface area is 177 Å². The van der Waals surface area contributed by atoms with E-state index in [2.05, 4.69) is 49.2 Å². The second kappa shape index (κ2) is 9.71. The van der Waals surface area contributed by atoms with Gasteiger partial charge in [0.15, 0.2) is 0 Å². The number of aromatic amines is 1. The molecule has 158 valence electrons. The number of imidazole rings is 1. The lowest BCUT2D eigenvalue weighted by Gasteiger charge is -2.21. The minimum atomic E-state index is 0.0609. The summed E-state index contributed by atoms with van der Waals surface area (Å²) in [6.45, 7) is 4.76. The molecule has 0 aliphatic carbocycles. The molecule has 1 aliphatic rings. The van der Waals surface area contributed by atoms with Crippen LogP contribution in [0.2, 0.25) is 0 Å². The Balaban J connectivity index is 1.20. The summed E-state index contributed by atoms with van der Waals surface area (Å²) >= 11 is 0. The first-order chi connectivity index (χ1) is 14.7. The molecule has 1 amide bonds. The van der Waals surface area contributed by atoms with Crippen LogP contribution in [0.3, 0.4) is 0 Å². The van der Waals surface area contributed by atoms with Gasteiger partial charge in [0.2, 0.25) is 5.91 Å². The minimum absolute atomic E-state index is 0.0609. The average molecular weight is 407 g/mol. The van der Waals surface area contributed by atoms with Crippen molar-refractivity contribution in [1.29, 1.82) is 0 Å². The Bertz CT molecular complexity index is 934. The molecule has 1 saturated heterocycles. The Morgan fingerprint density at radius 2 is 2.03 bits per heavy atom. The first kappa shape index (κ1) is 20.3. The van der Waals surface area contributed by atoms with Crippen LogP contribution < -0.4 is 10.2 Å². The van der Waals surface area contributed by atoms with Crippen LogP contribution in [0.25, 0.3) is 11.0 Å². The molecule has 0 atom stereocenters. The summed E-state index contributed by atoms with van der Waals surface area (Å²) in [5.74, 6) is 2.01. The second-order valence-electron chi connectivity index (χ2n) is 8.00. The molecule has 30 heavy (non-hydrogen) atoms. The third-order valence-electron chi connectivity index (χ3n) is 5.60. The lowest BCUT2D eigenvalue weighted by Crippen LogP contribution is -2.29. The molecule has 0 unspecified atom stereocenters. The number of hydrogen-bond acceptors (Lipinski definition) is 5. The molecule has 1 aliphatic heterocycles. The van der Waals surface area contributed by atoms with Gasteiger partial charge in [-0.05, 0) is 50.2 Å². The van der Waals surface area contributed by atoms with Crippen LogP contribution in [0.1, 0.15) is 30.7 Å². The topological polar surface area (TPSA) is 77.1 Å². The summed E-state index contributed by atoms with van der Waals surface area (Å²) in [6, 6.07) is 12.1. The van der Waals surface area contributed by atoms with Crippen molar-refractivity contribution in [2.75, 3.05) is 38.1 Å². The molecule has 2 N–H and O–H groups in total. The molecule has 1 fully saturated rings. The van der Waals surface area contributed by atoms with Gasteiger partial charge in [-0.1, -0.05) is 18.2 Å². The number of rotatable bonds is 7. The Kier molecular flexibility index (Phi) is 6.59. The predicted molar refractivity (Wildman–Crippen MR) is 119 cm³/mol. The molecule has 7 nitrogen and oxygen atoms in total. The zero-order valence-electron chi connectivity index (χ0n) is 17.6. The van der Waals surface area contributed by atoms with Crippen LogP contribution >= 0.6 is 0 Å². The molecule has 0 bridgehead atoms. The van der Waals surface area contributed by atoms with Crippen LogP contribution in [-0.4, -0.2) is 59.0 Å². The summed E-state index contributed by atoms with van der Waals surface area (Å²) < 4.78 is 0. The number of H-pyrrole nitrogens is 1. The average Bonchev–Trinajstić information content (AvgIpc) is 3.05. The number of nitrogens with zero attached hydrogens (tertiary/aromatic N) is 4. The summed E-state index contributed by atoms with van der Waals surface area (Å²) in [6.07, 6.45) is 5.06. The van der Waals surface area contributed by atoms with Gasteiger partial charge in [-0.25, -0.2) is 9.97 Å². The first-order valence-corrected chi connectivity index (χ1v) is 10.8. The number of aromatic nitrogens is 3. The highest BCUT2D eigenvalue weighted by molar-refractivity contribution is 5.76. The van der Waals surface area contributed by atoms with Crippen molar-refractivity contribution in [3.05, 3.63) is 54.0 Å². The van der Waals surface area contributed by atoms with E-state index < -0.39 is 0 Å². The molecular formula is C23H30N6O. The van der Waals surface area contributed by atoms with Gasteiger partial charge in [-0.3, -0.25) is 4.79 Å². The highest BCUT2D eigenvalue weighted by Gasteiger charge is 2.13. The summed E-state index contributed by atoms with van der Waals surface area (Å²) in [7, 11) is 2.17. The van der Waals surface area contributed by atoms with Crippen molar-refractivity contribution in [3.8, 4) is 0 Å². The highest BCUT2D eigenvalue weighted by Crippen LogP contribution is 2.14. The lowest BCUT2D eigenvalue weighted by molar-refractivity contribution is -0.121. The van der Waals surface area contributed by atoms with E-state index in [1.54, 1.807) is 0 Å². The fourth-order valence-corrected chi connectivity index (χ4v) is 3.81. The zero-order chi connectivity index (χ0) is 20.8. The van der Waals surface area contributed by atoms with E-state index in [1.807, 2.05) is 30.5 Å². The van der Waals surface area contributed by atoms with E-state index in [0.29, 0.717) is 13.0 Å². The van der Waals surface area contributed by atoms with E-state index in [4.69, 9.17) is 0 Å². The maximum atomic E-state index is 12.2. The van der Waals surface area contributed by atoms with Crippen molar-refractivity contribution in [3.63, 3.8) is 0 Å². The van der Waals surface area contributed by atoms with Crippen molar-refractivity contribution in [1.82, 2.24) is 25.2 Å². The van der Waals surface area contributed by atoms with Gasteiger partial charge in [0.25, 0.3) is 0 Å². The first-order valence-electron chi connectivity index (χ1n) is 10.8. The zero-order valence-corrected chi connectivity index (χ0v) is 17.6. The fourth-order valence-electron chi connectivity index (χ4n) is 3.81. The van der Waals surface area contributed by atoms with Gasteiger partial charge >= 0.3 is 0 Å². The lowest BCUT2D eigenvalue weighted by atomic mass is 10.2. The van der Waals surface area contributed by atoms with Crippen molar-refractivity contribution in [2.24, 2.45) is 0 Å². The van der Waals surface area contributed by atoms with E-state index in [0.717, 1.165) is 73.7 Å². The number of nitrogens with one attached hydrogen (secondary N) is 2. The summed E-state index contributed by atoms with van der Waals surface area (Å²) in [5.41, 5.74) is 3.04. The number of benzene rings is 1. The number of hydrogen-bond donors (Lipinski definition) is 2. The Morgan fingerprint density at radius 3 is 2.87 bits per heavy atom. The number of para-hydroxylation sites is 2. The highest BCUT2D eigenvalue weighted by atomic mass is 16.1. The maximum absolute atomic E-state index is 12.2. The number of carbonyl (C=O) groups is 1. The SMILES string of the molecule is CN1CCCN(c2ccc(CNC(=O)CCCc3nc4ccccc4[nH]3)cn2)CC1. The van der Waals surface area contributed by atoms with E-state index >= 15 is 0 Å². The van der Waals surface area contributed by atoms with Gasteiger partial charge in [0.05, 0.1) is 11.0 Å². The smallest absolute Gasteiger partial charge is 0.220 e. The van der Waals surface area contributed by atoms with E-state index in [1.165, 1.54) is 0 Å². The molecule has 0 saturated carbocycles. The van der Waals surface area contributed by atoms with Gasteiger partial charge in [-0.2, -0.15) is 0 Å². The molecule has 0 spiro atoms. The largest absolute Gasteiger partial charge is 0.355 e. The number of fused-ring (bicyclic) bond motifs is 1. The predicted octanol–water partition coefficient (Wildman–Crippen LogP) is 2.74. The number of carbonyl (C=O) groups excluding carboxylic acids is 1. The van der Waals surface area contributed by atoms with Crippen molar-refractivity contribution in [2.45, 2.75) is 32.2 Å². The minimum Gasteiger partial charge on any atom is -0.355 e. The van der Waals surface area contributed by atoms with Crippen LogP contribution in [0.15, 0.2) is 42.6 Å². The number of aryl methyl sites for hydroxylation is 1. The van der Waals surface area contributed by atoms with E-state index in [9.17, 15) is 4.79 Å². The standard InChI is InChI=1S/C23H30N6O/c1-28-12-5-13-29(15-14-28)22-11-10-18(16-24-22)17-25-23(30)9-4-8-21-26-19-6-2-3-7-20(19)27-21/h2-3,6-7,10-11,16H,4-5,8-9,12-15,17H2,1H3,(H,25,30)(H,26,27). The molecule has 7 heteroatoms. The molecule has 4 rings (SSSR count). The van der Waals surface area contributed by atoms with Gasteiger partial charge in [0.1, 0.15) is 11.6 Å². The summed E-state index contributed by atoms with van der Waals surface area (Å²) in [5, 5.41) is 3.00. The molecule has 3 aromatic rings. The molecule has 0 radical (unpaired) electrons. The number of pyridine rings is 1. The van der Waals surface area contributed by atoms with Gasteiger partial charge in [-0.15, -0.1) is 0 Å². The van der Waals surface area contributed by atoms with E-state index in [-0.39, 0.29) is 5.91 Å². The third-order valence-corrected chi connectivity index (χ3v) is 5.60. The van der Waals surface area contributed by atoms with Gasteiger partial charge < -0.3 is 20.1 Å². The third kappa shape index (κ3) is 5.36. The Morgan fingerprint density at radius 1 is 1.13 bits per heavy atom. The van der Waals surface area contributed by atoms with Crippen LogP contribution in [-0.2, 0) is 17.8 Å². The normalized spacial score (nSPS) is 15.3. The molecule has 3 heterocycles. The van der Waals surface area contributed by atoms with Crippen molar-refractivity contribution >= 4 is 22.8 Å². The number of likely N-dealkylation sites (N-methyl/N-ethyl adjacent to an activating group) is 1. The Hall–Kier alpha value is -2.93. The fraction of sp³-hybridized carbons (Fsp3) is 0.435. The quantitative estimate of drug-likeness (QED) is 0.631. The van der Waals surface area contributed by atoms with Crippen LogP contribution in [0.4, 0.5) is 5.82 Å². The molecular weight excluding hydrogens is 376 g/mol. The summed E-state index contributed by atoms with van der Waals surface area (Å²) in [4.78, 5) is 29.4. The maximum Gasteiger partial charge on any atom is 0.220 e.